The average molecular weight is 202 g/mol. The molecule has 0 unspecified atom stereocenters. The van der Waals surface area contributed by atoms with Gasteiger partial charge in [-0.2, -0.15) is 0 Å². The summed E-state index contributed by atoms with van der Waals surface area (Å²) in [6.45, 7) is -2.13. The van der Waals surface area contributed by atoms with Crippen LogP contribution >= 0.6 is 11.3 Å². The van der Waals surface area contributed by atoms with E-state index in [0.717, 1.165) is 20.3 Å². The highest BCUT2D eigenvalue weighted by molar-refractivity contribution is 7.25. The van der Waals surface area contributed by atoms with E-state index in [1.54, 1.807) is 6.07 Å². The van der Waals surface area contributed by atoms with Crippen LogP contribution in [-0.2, 0) is 0 Å². The Morgan fingerprint density at radius 3 is 3.00 bits per heavy atom. The quantitative estimate of drug-likeness (QED) is 0.541. The number of aromatic nitrogens is 1. The van der Waals surface area contributed by atoms with Crippen molar-refractivity contribution in [2.24, 2.45) is 0 Å². The van der Waals surface area contributed by atoms with Gasteiger partial charge in [-0.3, -0.25) is 0 Å². The van der Waals surface area contributed by atoms with E-state index >= 15 is 0 Å². The number of rotatable bonds is 0. The Balaban J connectivity index is 2.34. The van der Waals surface area contributed by atoms with Gasteiger partial charge in [0.1, 0.15) is 4.83 Å². The first-order chi connectivity index (χ1) is 8.05. The van der Waals surface area contributed by atoms with Crippen molar-refractivity contribution < 1.29 is 4.11 Å². The minimum absolute atomic E-state index is 0.163. The van der Waals surface area contributed by atoms with Gasteiger partial charge in [-0.1, -0.05) is 18.2 Å². The molecule has 0 bridgehead atoms. The molecule has 1 nitrogen and oxygen atoms in total. The minimum Gasteiger partial charge on any atom is -0.242 e. The van der Waals surface area contributed by atoms with E-state index in [9.17, 15) is 0 Å². The standard InChI is InChI=1S/C12H9NS/c1-8-6-7-10-9-4-2-3-5-11(9)14-12(10)13-8/h2-7H,1H3/i1D3. The topological polar surface area (TPSA) is 12.9 Å². The highest BCUT2D eigenvalue weighted by atomic mass is 32.1. The first-order valence-electron chi connectivity index (χ1n) is 5.84. The molecular weight excluding hydrogens is 190 g/mol. The zero-order valence-electron chi connectivity index (χ0n) is 10.3. The summed E-state index contributed by atoms with van der Waals surface area (Å²) in [5, 5.41) is 2.16. The molecule has 0 fully saturated rings. The zero-order chi connectivity index (χ0) is 12.0. The van der Waals surface area contributed by atoms with Crippen LogP contribution in [0.5, 0.6) is 0 Å². The van der Waals surface area contributed by atoms with Crippen molar-refractivity contribution in [2.75, 3.05) is 0 Å². The van der Waals surface area contributed by atoms with Crippen LogP contribution in [0.3, 0.4) is 0 Å². The van der Waals surface area contributed by atoms with Crippen molar-refractivity contribution in [3.63, 3.8) is 0 Å². The second kappa shape index (κ2) is 2.79. The highest BCUT2D eigenvalue weighted by Crippen LogP contribution is 2.32. The lowest BCUT2D eigenvalue weighted by atomic mass is 10.2. The van der Waals surface area contributed by atoms with Crippen LogP contribution in [0.2, 0.25) is 0 Å². The maximum absolute atomic E-state index is 7.36. The van der Waals surface area contributed by atoms with E-state index in [1.807, 2.05) is 30.3 Å². The molecule has 68 valence electrons. The average Bonchev–Trinajstić information content (AvgIpc) is 2.65. The van der Waals surface area contributed by atoms with Crippen LogP contribution in [0.1, 0.15) is 9.81 Å². The number of nitrogens with zero attached hydrogens (tertiary/aromatic N) is 1. The SMILES string of the molecule is [2H]C([2H])([2H])c1ccc2c(n1)sc1ccccc12. The molecule has 14 heavy (non-hydrogen) atoms. The molecule has 0 saturated heterocycles. The summed E-state index contributed by atoms with van der Waals surface area (Å²) in [7, 11) is 0. The van der Waals surface area contributed by atoms with Crippen LogP contribution in [0.15, 0.2) is 36.4 Å². The van der Waals surface area contributed by atoms with Crippen LogP contribution in [0, 0.1) is 6.85 Å². The van der Waals surface area contributed by atoms with Gasteiger partial charge in [0.25, 0.3) is 0 Å². The molecular formula is C12H9NS. The minimum atomic E-state index is -2.13. The molecule has 0 amide bonds. The van der Waals surface area contributed by atoms with Gasteiger partial charge in [0.2, 0.25) is 0 Å². The van der Waals surface area contributed by atoms with Crippen LogP contribution in [0.25, 0.3) is 20.3 Å². The summed E-state index contributed by atoms with van der Waals surface area (Å²) in [5.41, 5.74) is 0.163. The molecule has 0 N–H and O–H groups in total. The van der Waals surface area contributed by atoms with Gasteiger partial charge in [0.15, 0.2) is 0 Å². The number of benzene rings is 1. The van der Waals surface area contributed by atoms with E-state index in [1.165, 1.54) is 11.3 Å². The van der Waals surface area contributed by atoms with Crippen molar-refractivity contribution in [2.45, 2.75) is 6.85 Å². The third kappa shape index (κ3) is 1.04. The fraction of sp³-hybridized carbons (Fsp3) is 0.0833. The zero-order valence-corrected chi connectivity index (χ0v) is 8.14. The van der Waals surface area contributed by atoms with E-state index < -0.39 is 6.85 Å². The first-order valence-corrected chi connectivity index (χ1v) is 5.16. The third-order valence-corrected chi connectivity index (χ3v) is 3.32. The molecule has 0 radical (unpaired) electrons. The lowest BCUT2D eigenvalue weighted by molar-refractivity contribution is 1.27. The fourth-order valence-electron chi connectivity index (χ4n) is 1.61. The third-order valence-electron chi connectivity index (χ3n) is 2.24. The van der Waals surface area contributed by atoms with Crippen molar-refractivity contribution in [1.29, 1.82) is 0 Å². The lowest BCUT2D eigenvalue weighted by Gasteiger charge is -1.91. The Kier molecular flexibility index (Phi) is 1.09. The molecule has 3 rings (SSSR count). The number of hydrogen-bond donors (Lipinski definition) is 0. The first kappa shape index (κ1) is 5.47. The van der Waals surface area contributed by atoms with E-state index in [-0.39, 0.29) is 5.69 Å². The van der Waals surface area contributed by atoms with Gasteiger partial charge in [0.05, 0.1) is 0 Å². The van der Waals surface area contributed by atoms with Gasteiger partial charge in [-0.15, -0.1) is 11.3 Å². The molecule has 0 spiro atoms. The maximum Gasteiger partial charge on any atom is 0.124 e. The summed E-state index contributed by atoms with van der Waals surface area (Å²) in [4.78, 5) is 5.03. The Morgan fingerprint density at radius 2 is 2.07 bits per heavy atom. The molecule has 0 aliphatic heterocycles. The van der Waals surface area contributed by atoms with E-state index in [0.29, 0.717) is 0 Å². The molecule has 2 heteroatoms. The molecule has 2 aromatic heterocycles. The maximum atomic E-state index is 7.36. The summed E-state index contributed by atoms with van der Waals surface area (Å²) in [6.07, 6.45) is 0. The van der Waals surface area contributed by atoms with Crippen molar-refractivity contribution in [1.82, 2.24) is 4.98 Å². The van der Waals surface area contributed by atoms with Gasteiger partial charge in [-0.05, 0) is 25.1 Å². The molecule has 0 saturated carbocycles. The van der Waals surface area contributed by atoms with Crippen molar-refractivity contribution in [3.05, 3.63) is 42.1 Å². The highest BCUT2D eigenvalue weighted by Gasteiger charge is 2.04. The van der Waals surface area contributed by atoms with Crippen molar-refractivity contribution in [3.8, 4) is 0 Å². The monoisotopic (exact) mass is 202 g/mol. The van der Waals surface area contributed by atoms with Gasteiger partial charge in [0, 0.05) is 25.3 Å². The number of hydrogen-bond acceptors (Lipinski definition) is 2. The molecule has 0 atom stereocenters. The summed E-state index contributed by atoms with van der Waals surface area (Å²) >= 11 is 1.53. The van der Waals surface area contributed by atoms with Crippen LogP contribution in [-0.4, -0.2) is 4.98 Å². The summed E-state index contributed by atoms with van der Waals surface area (Å²) in [5.74, 6) is 0. The Morgan fingerprint density at radius 1 is 1.14 bits per heavy atom. The van der Waals surface area contributed by atoms with Crippen LogP contribution in [0.4, 0.5) is 0 Å². The Labute approximate surface area is 90.2 Å². The summed E-state index contributed by atoms with van der Waals surface area (Å²) in [6, 6.07) is 11.5. The second-order valence-corrected chi connectivity index (χ2v) is 4.18. The van der Waals surface area contributed by atoms with E-state index in [4.69, 9.17) is 4.11 Å². The largest absolute Gasteiger partial charge is 0.242 e. The fourth-order valence-corrected chi connectivity index (χ4v) is 2.68. The van der Waals surface area contributed by atoms with Gasteiger partial charge in [-0.25, -0.2) is 4.98 Å². The Hall–Kier alpha value is -1.41. The van der Waals surface area contributed by atoms with Crippen molar-refractivity contribution >= 4 is 31.6 Å². The van der Waals surface area contributed by atoms with Gasteiger partial charge >= 0.3 is 0 Å². The number of fused-ring (bicyclic) bond motifs is 3. The molecule has 0 aliphatic rings. The normalized spacial score (nSPS) is 15.3. The molecule has 3 aromatic rings. The number of pyridine rings is 1. The van der Waals surface area contributed by atoms with Crippen LogP contribution < -0.4 is 0 Å². The summed E-state index contributed by atoms with van der Waals surface area (Å²) < 4.78 is 23.2. The number of aryl methyl sites for hydroxylation is 1. The molecule has 1 aromatic carbocycles. The van der Waals surface area contributed by atoms with E-state index in [2.05, 4.69) is 4.98 Å². The lowest BCUT2D eigenvalue weighted by Crippen LogP contribution is -1.76. The molecule has 0 aliphatic carbocycles. The predicted molar refractivity (Wildman–Crippen MR) is 61.9 cm³/mol. The molecule has 2 heterocycles. The second-order valence-electron chi connectivity index (χ2n) is 3.15. The van der Waals surface area contributed by atoms with Gasteiger partial charge < -0.3 is 0 Å². The smallest absolute Gasteiger partial charge is 0.124 e. The predicted octanol–water partition coefficient (Wildman–Crippen LogP) is 3.76. The number of thiophene rings is 1. The Bertz CT molecular complexity index is 700.